The minimum absolute atomic E-state index is 0.0219. The van der Waals surface area contributed by atoms with Crippen LogP contribution >= 0.6 is 0 Å². The van der Waals surface area contributed by atoms with Crippen LogP contribution in [0.4, 0.5) is 4.79 Å². The number of carbonyl (C=O) groups is 1. The number of nitrogens with one attached hydrogen (secondary N) is 1. The minimum atomic E-state index is -0.392. The molecule has 0 unspecified atom stereocenters. The lowest BCUT2D eigenvalue weighted by Crippen LogP contribution is -2.53. The molecule has 6 heteroatoms. The van der Waals surface area contributed by atoms with Crippen LogP contribution in [0.2, 0.25) is 0 Å². The Kier molecular flexibility index (Phi) is 4.90. The van der Waals surface area contributed by atoms with E-state index >= 15 is 0 Å². The highest BCUT2D eigenvalue weighted by Crippen LogP contribution is 2.52. The van der Waals surface area contributed by atoms with Crippen LogP contribution in [-0.4, -0.2) is 73.0 Å². The molecular weight excluding hydrogens is 330 g/mol. The number of piperidine rings is 1. The van der Waals surface area contributed by atoms with Crippen molar-refractivity contribution < 1.29 is 14.6 Å². The summed E-state index contributed by atoms with van der Waals surface area (Å²) in [5.41, 5.74) is 2.46. The Bertz CT molecular complexity index is 651. The number of amides is 1. The molecule has 0 saturated carbocycles. The first-order valence-corrected chi connectivity index (χ1v) is 9.81. The number of carbonyl (C=O) groups excluding carboxylic acids is 1. The van der Waals surface area contributed by atoms with E-state index in [1.54, 1.807) is 4.90 Å². The second-order valence-electron chi connectivity index (χ2n) is 7.61. The Morgan fingerprint density at radius 3 is 2.62 bits per heavy atom. The zero-order valence-corrected chi connectivity index (χ0v) is 15.5. The molecule has 2 fully saturated rings. The fourth-order valence-electron chi connectivity index (χ4n) is 5.07. The summed E-state index contributed by atoms with van der Waals surface area (Å²) in [7, 11) is 0. The van der Waals surface area contributed by atoms with E-state index in [9.17, 15) is 9.90 Å². The monoisotopic (exact) mass is 359 g/mol. The van der Waals surface area contributed by atoms with Crippen molar-refractivity contribution in [3.05, 3.63) is 35.4 Å². The molecule has 2 saturated heterocycles. The molecule has 26 heavy (non-hydrogen) atoms. The van der Waals surface area contributed by atoms with Gasteiger partial charge >= 0.3 is 6.09 Å². The molecular formula is C20H29N3O3. The molecule has 142 valence electrons. The molecule has 1 aliphatic carbocycles. The van der Waals surface area contributed by atoms with Gasteiger partial charge in [0, 0.05) is 31.6 Å². The van der Waals surface area contributed by atoms with Gasteiger partial charge in [0.15, 0.2) is 0 Å². The first-order chi connectivity index (χ1) is 12.7. The van der Waals surface area contributed by atoms with E-state index in [-0.39, 0.29) is 17.6 Å². The first kappa shape index (κ1) is 17.8. The maximum atomic E-state index is 12.0. The van der Waals surface area contributed by atoms with E-state index in [4.69, 9.17) is 4.74 Å². The molecule has 1 spiro atoms. The van der Waals surface area contributed by atoms with E-state index in [1.165, 1.54) is 11.1 Å². The van der Waals surface area contributed by atoms with Crippen molar-refractivity contribution in [1.82, 2.24) is 15.1 Å². The van der Waals surface area contributed by atoms with Crippen molar-refractivity contribution in [3.63, 3.8) is 0 Å². The summed E-state index contributed by atoms with van der Waals surface area (Å²) < 4.78 is 5.12. The van der Waals surface area contributed by atoms with Gasteiger partial charge in [0.25, 0.3) is 0 Å². The predicted octanol–water partition coefficient (Wildman–Crippen LogP) is 1.50. The normalized spacial score (nSPS) is 28.2. The number of benzene rings is 1. The van der Waals surface area contributed by atoms with Gasteiger partial charge in [-0.15, -0.1) is 0 Å². The number of piperazine rings is 1. The number of hydrogen-bond acceptors (Lipinski definition) is 5. The Labute approximate surface area is 155 Å². The van der Waals surface area contributed by atoms with Gasteiger partial charge < -0.3 is 20.1 Å². The molecule has 3 aliphatic rings. The van der Waals surface area contributed by atoms with Crippen molar-refractivity contribution in [2.45, 2.75) is 37.3 Å². The second-order valence-corrected chi connectivity index (χ2v) is 7.61. The number of aliphatic hydroxyl groups is 1. The number of aliphatic hydroxyl groups excluding tert-OH is 1. The van der Waals surface area contributed by atoms with E-state index in [1.807, 2.05) is 6.92 Å². The highest BCUT2D eigenvalue weighted by Gasteiger charge is 2.53. The quantitative estimate of drug-likeness (QED) is 0.838. The average molecular weight is 359 g/mol. The van der Waals surface area contributed by atoms with Crippen LogP contribution in [0.1, 0.15) is 36.9 Å². The van der Waals surface area contributed by atoms with Gasteiger partial charge in [-0.1, -0.05) is 24.3 Å². The number of hydrogen-bond donors (Lipinski definition) is 2. The fourth-order valence-corrected chi connectivity index (χ4v) is 5.07. The molecule has 2 N–H and O–H groups in total. The second kappa shape index (κ2) is 7.18. The van der Waals surface area contributed by atoms with Crippen LogP contribution in [-0.2, 0) is 10.2 Å². The summed E-state index contributed by atoms with van der Waals surface area (Å²) >= 11 is 0. The molecule has 1 aromatic rings. The van der Waals surface area contributed by atoms with Gasteiger partial charge in [0.05, 0.1) is 18.8 Å². The van der Waals surface area contributed by atoms with Crippen molar-refractivity contribution in [3.8, 4) is 0 Å². The number of ether oxygens (including phenoxy) is 1. The van der Waals surface area contributed by atoms with Crippen molar-refractivity contribution in [2.24, 2.45) is 0 Å². The molecule has 4 rings (SSSR count). The smallest absolute Gasteiger partial charge is 0.409 e. The van der Waals surface area contributed by atoms with Crippen LogP contribution in [0.25, 0.3) is 0 Å². The maximum Gasteiger partial charge on any atom is 0.409 e. The molecule has 0 aromatic heterocycles. The topological polar surface area (TPSA) is 65.0 Å². The lowest BCUT2D eigenvalue weighted by atomic mass is 9.72. The summed E-state index contributed by atoms with van der Waals surface area (Å²) in [5.74, 6) is 0. The highest BCUT2D eigenvalue weighted by molar-refractivity contribution is 5.67. The molecule has 1 amide bonds. The average Bonchev–Trinajstić information content (AvgIpc) is 2.91. The van der Waals surface area contributed by atoms with Gasteiger partial charge in [0.2, 0.25) is 0 Å². The van der Waals surface area contributed by atoms with Crippen molar-refractivity contribution in [2.75, 3.05) is 45.9 Å². The summed E-state index contributed by atoms with van der Waals surface area (Å²) in [6.07, 6.45) is 1.33. The van der Waals surface area contributed by atoms with E-state index < -0.39 is 6.10 Å². The Morgan fingerprint density at radius 1 is 1.23 bits per heavy atom. The molecule has 0 radical (unpaired) electrons. The zero-order valence-electron chi connectivity index (χ0n) is 15.5. The molecule has 0 bridgehead atoms. The lowest BCUT2D eigenvalue weighted by Gasteiger charge is -2.43. The third kappa shape index (κ3) is 2.80. The third-order valence-electron chi connectivity index (χ3n) is 6.41. The molecule has 2 aliphatic heterocycles. The SMILES string of the molecule is CCOC(=O)N1CCN([C@H]2c3ccccc3C3(CCNCC3)[C@@H]2O)CC1. The standard InChI is InChI=1S/C20H29N3O3/c1-2-26-19(25)23-13-11-22(12-14-23)17-15-5-3-4-6-16(15)20(18(17)24)7-9-21-10-8-20/h3-6,17-18,21,24H,2,7-14H2,1H3/t17-,18+/m0/s1. The van der Waals surface area contributed by atoms with Crippen molar-refractivity contribution >= 4 is 6.09 Å². The Morgan fingerprint density at radius 2 is 1.92 bits per heavy atom. The lowest BCUT2D eigenvalue weighted by molar-refractivity contribution is -0.0175. The van der Waals surface area contributed by atoms with Gasteiger partial charge in [-0.3, -0.25) is 4.90 Å². The van der Waals surface area contributed by atoms with E-state index in [2.05, 4.69) is 34.5 Å². The van der Waals surface area contributed by atoms with E-state index in [0.717, 1.165) is 39.0 Å². The molecule has 2 atom stereocenters. The summed E-state index contributed by atoms with van der Waals surface area (Å²) in [4.78, 5) is 16.1. The Hall–Kier alpha value is -1.63. The maximum absolute atomic E-state index is 12.0. The van der Waals surface area contributed by atoms with Crippen LogP contribution in [0, 0.1) is 0 Å². The molecule has 6 nitrogen and oxygen atoms in total. The number of rotatable bonds is 2. The summed E-state index contributed by atoms with van der Waals surface area (Å²) in [5, 5.41) is 14.9. The molecule has 2 heterocycles. The molecule has 1 aromatic carbocycles. The van der Waals surface area contributed by atoms with Crippen LogP contribution < -0.4 is 5.32 Å². The largest absolute Gasteiger partial charge is 0.450 e. The van der Waals surface area contributed by atoms with Crippen LogP contribution in [0.3, 0.4) is 0 Å². The van der Waals surface area contributed by atoms with Gasteiger partial charge in [-0.25, -0.2) is 4.79 Å². The number of nitrogens with zero attached hydrogens (tertiary/aromatic N) is 2. The number of fused-ring (bicyclic) bond motifs is 2. The van der Waals surface area contributed by atoms with Crippen LogP contribution in [0.15, 0.2) is 24.3 Å². The van der Waals surface area contributed by atoms with Gasteiger partial charge in [-0.2, -0.15) is 0 Å². The zero-order chi connectivity index (χ0) is 18.1. The van der Waals surface area contributed by atoms with Crippen LogP contribution in [0.5, 0.6) is 0 Å². The Balaban J connectivity index is 1.55. The first-order valence-electron chi connectivity index (χ1n) is 9.81. The van der Waals surface area contributed by atoms with E-state index in [0.29, 0.717) is 19.7 Å². The highest BCUT2D eigenvalue weighted by atomic mass is 16.6. The fraction of sp³-hybridized carbons (Fsp3) is 0.650. The summed E-state index contributed by atoms with van der Waals surface area (Å²) in [6.45, 7) is 6.98. The van der Waals surface area contributed by atoms with Gasteiger partial charge in [-0.05, 0) is 44.0 Å². The third-order valence-corrected chi connectivity index (χ3v) is 6.41. The predicted molar refractivity (Wildman–Crippen MR) is 99.1 cm³/mol. The van der Waals surface area contributed by atoms with Crippen molar-refractivity contribution in [1.29, 1.82) is 0 Å². The minimum Gasteiger partial charge on any atom is -0.450 e. The van der Waals surface area contributed by atoms with Gasteiger partial charge in [0.1, 0.15) is 0 Å². The summed E-state index contributed by atoms with van der Waals surface area (Å²) in [6, 6.07) is 8.58.